The molecule has 0 unspecified atom stereocenters. The van der Waals surface area contributed by atoms with Gasteiger partial charge in [0.15, 0.2) is 0 Å². The Morgan fingerprint density at radius 2 is 0.681 bits per heavy atom. The van der Waals surface area contributed by atoms with Gasteiger partial charge in [0.25, 0.3) is 0 Å². The number of hydrogen-bond donors (Lipinski definition) is 0. The molecular weight excluding hydrogens is 567 g/mol. The normalized spacial score (nSPS) is 11.0. The molecule has 0 fully saturated rings. The van der Waals surface area contributed by atoms with E-state index in [9.17, 15) is 0 Å². The van der Waals surface area contributed by atoms with Gasteiger partial charge in [-0.2, -0.15) is 0 Å². The van der Waals surface area contributed by atoms with E-state index < -0.39 is 0 Å². The molecule has 0 heterocycles. The molecule has 0 radical (unpaired) electrons. The van der Waals surface area contributed by atoms with Crippen LogP contribution in [0.5, 0.6) is 0 Å². The van der Waals surface area contributed by atoms with Gasteiger partial charge in [-0.15, -0.1) is 0 Å². The van der Waals surface area contributed by atoms with Crippen molar-refractivity contribution in [2.75, 3.05) is 4.90 Å². The summed E-state index contributed by atoms with van der Waals surface area (Å²) in [7, 11) is 0. The Balaban J connectivity index is 1.22. The molecule has 0 aliphatic heterocycles. The Morgan fingerprint density at radius 3 is 1.32 bits per heavy atom. The van der Waals surface area contributed by atoms with Gasteiger partial charge in [-0.25, -0.2) is 0 Å². The molecular formula is C46H33N. The van der Waals surface area contributed by atoms with E-state index in [1.165, 1.54) is 55.3 Å². The van der Waals surface area contributed by atoms with Crippen LogP contribution in [-0.4, -0.2) is 0 Å². The molecule has 0 aromatic heterocycles. The highest BCUT2D eigenvalue weighted by Gasteiger charge is 2.15. The molecule has 0 atom stereocenters. The van der Waals surface area contributed by atoms with Gasteiger partial charge in [0.1, 0.15) is 0 Å². The number of hydrogen-bond acceptors (Lipinski definition) is 1. The summed E-state index contributed by atoms with van der Waals surface area (Å²) in [6.07, 6.45) is 0. The van der Waals surface area contributed by atoms with E-state index >= 15 is 0 Å². The molecule has 0 saturated heterocycles. The molecule has 222 valence electrons. The van der Waals surface area contributed by atoms with Crippen LogP contribution < -0.4 is 4.90 Å². The first kappa shape index (κ1) is 28.3. The molecule has 8 aromatic rings. The van der Waals surface area contributed by atoms with Crippen molar-refractivity contribution < 1.29 is 0 Å². The monoisotopic (exact) mass is 599 g/mol. The average Bonchev–Trinajstić information content (AvgIpc) is 3.16. The van der Waals surface area contributed by atoms with E-state index in [4.69, 9.17) is 0 Å². The lowest BCUT2D eigenvalue weighted by Gasteiger charge is -2.27. The molecule has 0 amide bonds. The van der Waals surface area contributed by atoms with E-state index in [0.717, 1.165) is 17.1 Å². The molecule has 0 spiro atoms. The van der Waals surface area contributed by atoms with E-state index in [0.29, 0.717) is 0 Å². The SMILES string of the molecule is c1ccc(-c2ccc(-c3cccc(N(c4ccc(-c5ccccc5)cc4)c4cccc(-c5cccc6ccccc56)c4)c3)cc2)cc1. The Bertz CT molecular complexity index is 2260. The Labute approximate surface area is 276 Å². The zero-order valence-corrected chi connectivity index (χ0v) is 26.0. The molecule has 0 bridgehead atoms. The first-order valence-corrected chi connectivity index (χ1v) is 16.1. The van der Waals surface area contributed by atoms with Crippen molar-refractivity contribution in [1.82, 2.24) is 0 Å². The molecule has 0 saturated carbocycles. The topological polar surface area (TPSA) is 3.24 Å². The maximum atomic E-state index is 2.37. The summed E-state index contributed by atoms with van der Waals surface area (Å²) in [6.45, 7) is 0. The molecule has 0 aliphatic carbocycles. The Kier molecular flexibility index (Phi) is 7.63. The van der Waals surface area contributed by atoms with Crippen molar-refractivity contribution in [3.05, 3.63) is 200 Å². The van der Waals surface area contributed by atoms with Crippen LogP contribution in [0, 0.1) is 0 Å². The number of anilines is 3. The zero-order valence-electron chi connectivity index (χ0n) is 26.0. The fourth-order valence-electron chi connectivity index (χ4n) is 6.48. The molecule has 1 nitrogen and oxygen atoms in total. The summed E-state index contributed by atoms with van der Waals surface area (Å²) in [6, 6.07) is 71.8. The standard InChI is InChI=1S/C46H33N/c1-3-12-34(13-4-1)36-24-26-38(27-25-36)40-18-9-20-43(32-40)47(42-30-28-37(29-31-42)35-14-5-2-6-15-35)44-21-10-19-41(33-44)46-23-11-17-39-16-7-8-22-45(39)46/h1-33H. The lowest BCUT2D eigenvalue weighted by Crippen LogP contribution is -2.10. The summed E-state index contributed by atoms with van der Waals surface area (Å²) in [4.78, 5) is 2.37. The van der Waals surface area contributed by atoms with Crippen LogP contribution in [0.4, 0.5) is 17.1 Å². The summed E-state index contributed by atoms with van der Waals surface area (Å²) in [5.41, 5.74) is 13.0. The number of benzene rings is 8. The van der Waals surface area contributed by atoms with E-state index in [1.807, 2.05) is 0 Å². The summed E-state index contributed by atoms with van der Waals surface area (Å²) >= 11 is 0. The highest BCUT2D eigenvalue weighted by Crippen LogP contribution is 2.40. The number of nitrogens with zero attached hydrogens (tertiary/aromatic N) is 1. The highest BCUT2D eigenvalue weighted by molar-refractivity contribution is 5.97. The van der Waals surface area contributed by atoms with Gasteiger partial charge in [0, 0.05) is 17.1 Å². The minimum Gasteiger partial charge on any atom is -0.310 e. The van der Waals surface area contributed by atoms with E-state index in [1.54, 1.807) is 0 Å². The maximum absolute atomic E-state index is 2.37. The largest absolute Gasteiger partial charge is 0.310 e. The second-order valence-corrected chi connectivity index (χ2v) is 11.8. The van der Waals surface area contributed by atoms with Crippen molar-refractivity contribution >= 4 is 27.8 Å². The van der Waals surface area contributed by atoms with Gasteiger partial charge in [0.2, 0.25) is 0 Å². The third-order valence-corrected chi connectivity index (χ3v) is 8.87. The van der Waals surface area contributed by atoms with Crippen LogP contribution in [0.15, 0.2) is 200 Å². The number of rotatable bonds is 7. The quantitative estimate of drug-likeness (QED) is 0.176. The maximum Gasteiger partial charge on any atom is 0.0467 e. The molecule has 47 heavy (non-hydrogen) atoms. The lowest BCUT2D eigenvalue weighted by molar-refractivity contribution is 1.28. The van der Waals surface area contributed by atoms with Crippen LogP contribution in [-0.2, 0) is 0 Å². The summed E-state index contributed by atoms with van der Waals surface area (Å²) in [5.74, 6) is 0. The lowest BCUT2D eigenvalue weighted by atomic mass is 9.97. The van der Waals surface area contributed by atoms with E-state index in [2.05, 4.69) is 205 Å². The average molecular weight is 600 g/mol. The van der Waals surface area contributed by atoms with Crippen LogP contribution in [0.3, 0.4) is 0 Å². The second kappa shape index (κ2) is 12.7. The van der Waals surface area contributed by atoms with Gasteiger partial charge in [-0.05, 0) is 91.7 Å². The Morgan fingerprint density at radius 1 is 0.255 bits per heavy atom. The van der Waals surface area contributed by atoms with Gasteiger partial charge in [-0.3, -0.25) is 0 Å². The minimum absolute atomic E-state index is 1.11. The summed E-state index contributed by atoms with van der Waals surface area (Å²) in [5, 5.41) is 2.50. The fraction of sp³-hybridized carbons (Fsp3) is 0. The van der Waals surface area contributed by atoms with Crippen LogP contribution in [0.1, 0.15) is 0 Å². The molecule has 0 aliphatic rings. The minimum atomic E-state index is 1.11. The van der Waals surface area contributed by atoms with Crippen LogP contribution >= 0.6 is 0 Å². The van der Waals surface area contributed by atoms with E-state index in [-0.39, 0.29) is 0 Å². The predicted octanol–water partition coefficient (Wildman–Crippen LogP) is 13.0. The molecule has 8 rings (SSSR count). The molecule has 1 heteroatoms. The van der Waals surface area contributed by atoms with Crippen molar-refractivity contribution in [3.8, 4) is 44.5 Å². The van der Waals surface area contributed by atoms with Gasteiger partial charge < -0.3 is 4.90 Å². The fourth-order valence-corrected chi connectivity index (χ4v) is 6.48. The van der Waals surface area contributed by atoms with Gasteiger partial charge >= 0.3 is 0 Å². The Hall–Kier alpha value is -6.18. The highest BCUT2D eigenvalue weighted by atomic mass is 15.1. The van der Waals surface area contributed by atoms with Crippen molar-refractivity contribution in [2.24, 2.45) is 0 Å². The smallest absolute Gasteiger partial charge is 0.0467 e. The van der Waals surface area contributed by atoms with Crippen LogP contribution in [0.25, 0.3) is 55.3 Å². The zero-order chi connectivity index (χ0) is 31.4. The van der Waals surface area contributed by atoms with Crippen molar-refractivity contribution in [3.63, 3.8) is 0 Å². The molecule has 0 N–H and O–H groups in total. The van der Waals surface area contributed by atoms with Gasteiger partial charge in [0.05, 0.1) is 0 Å². The second-order valence-electron chi connectivity index (χ2n) is 11.8. The van der Waals surface area contributed by atoms with Crippen LogP contribution in [0.2, 0.25) is 0 Å². The first-order valence-electron chi connectivity index (χ1n) is 16.1. The summed E-state index contributed by atoms with van der Waals surface area (Å²) < 4.78 is 0. The van der Waals surface area contributed by atoms with Gasteiger partial charge in [-0.1, -0.05) is 164 Å². The van der Waals surface area contributed by atoms with Crippen molar-refractivity contribution in [1.29, 1.82) is 0 Å². The predicted molar refractivity (Wildman–Crippen MR) is 200 cm³/mol. The number of fused-ring (bicyclic) bond motifs is 1. The van der Waals surface area contributed by atoms with Crippen molar-refractivity contribution in [2.45, 2.75) is 0 Å². The third kappa shape index (κ3) is 5.83. The molecule has 8 aromatic carbocycles. The third-order valence-electron chi connectivity index (χ3n) is 8.87. The first-order chi connectivity index (χ1) is 23.3.